The zero-order valence-electron chi connectivity index (χ0n) is 34.4. The topological polar surface area (TPSA) is 61.8 Å². The lowest BCUT2D eigenvalue weighted by Gasteiger charge is -2.33. The Morgan fingerprint density at radius 3 is 0.797 bits per heavy atom. The fourth-order valence-electron chi connectivity index (χ4n) is 9.29. The lowest BCUT2D eigenvalue weighted by atomic mass is 9.71. The van der Waals surface area contributed by atoms with Gasteiger partial charge in [-0.15, -0.1) is 0 Å². The highest BCUT2D eigenvalue weighted by atomic mass is 14.7. The number of benzene rings is 5. The van der Waals surface area contributed by atoms with E-state index in [9.17, 15) is 0 Å². The van der Waals surface area contributed by atoms with Crippen molar-refractivity contribution in [3.63, 3.8) is 0 Å². The molecule has 0 spiro atoms. The van der Waals surface area contributed by atoms with Gasteiger partial charge in [-0.1, -0.05) is 78.9 Å². The van der Waals surface area contributed by atoms with Crippen LogP contribution in [0.1, 0.15) is 94.1 Å². The molecule has 3 aliphatic carbocycles. The summed E-state index contributed by atoms with van der Waals surface area (Å²) in [6, 6.07) is 49.2. The van der Waals surface area contributed by atoms with E-state index < -0.39 is 0 Å². The average Bonchev–Trinajstić information content (AvgIpc) is 3.31. The smallest absolute Gasteiger partial charge is 0.0626 e. The molecule has 3 fully saturated rings. The molecule has 0 saturated heterocycles. The minimum absolute atomic E-state index is 0.332. The third kappa shape index (κ3) is 12.0. The van der Waals surface area contributed by atoms with E-state index in [1.54, 1.807) is 0 Å². The summed E-state index contributed by atoms with van der Waals surface area (Å²) in [5, 5.41) is 0. The SMILES string of the molecule is C(=N\c1ccccc1)/C1CCC(/C=N/c2ccc(C(c3ccc(/N=C/C4CCC(/C=N/c5ccccc5)CC4)cc3)C3CCC(/C=N/c4ccccc4)CC3)cc2)CC1. The van der Waals surface area contributed by atoms with Crippen molar-refractivity contribution in [2.24, 2.45) is 60.5 Å². The Hall–Kier alpha value is -5.55. The van der Waals surface area contributed by atoms with Crippen molar-refractivity contribution in [2.75, 3.05) is 0 Å². The number of nitrogens with zero attached hydrogens (tertiary/aromatic N) is 5. The van der Waals surface area contributed by atoms with Gasteiger partial charge in [0.1, 0.15) is 0 Å². The molecule has 0 N–H and O–H groups in total. The van der Waals surface area contributed by atoms with E-state index in [1.165, 1.54) is 88.2 Å². The molecule has 3 aliphatic rings. The molecule has 5 nitrogen and oxygen atoms in total. The molecule has 0 aliphatic heterocycles. The fraction of sp³-hybridized carbons (Fsp3) is 0.352. The van der Waals surface area contributed by atoms with Crippen LogP contribution < -0.4 is 0 Å². The summed E-state index contributed by atoms with van der Waals surface area (Å²) < 4.78 is 0. The maximum atomic E-state index is 4.99. The Bertz CT molecular complexity index is 2010. The van der Waals surface area contributed by atoms with Crippen LogP contribution in [-0.4, -0.2) is 31.1 Å². The second kappa shape index (κ2) is 20.9. The molecule has 5 aromatic rings. The molecule has 5 heteroatoms. The molecule has 0 heterocycles. The molecule has 8 rings (SSSR count). The third-order valence-electron chi connectivity index (χ3n) is 12.9. The van der Waals surface area contributed by atoms with Crippen molar-refractivity contribution in [1.82, 2.24) is 0 Å². The normalized spacial score (nSPS) is 24.7. The Morgan fingerprint density at radius 2 is 0.525 bits per heavy atom. The van der Waals surface area contributed by atoms with E-state index in [2.05, 4.69) is 128 Å². The Kier molecular flexibility index (Phi) is 14.3. The van der Waals surface area contributed by atoms with Crippen molar-refractivity contribution in [3.8, 4) is 0 Å². The van der Waals surface area contributed by atoms with Gasteiger partial charge in [0.25, 0.3) is 0 Å². The second-order valence-corrected chi connectivity index (χ2v) is 17.1. The zero-order valence-corrected chi connectivity index (χ0v) is 34.4. The van der Waals surface area contributed by atoms with Crippen LogP contribution in [0.5, 0.6) is 0 Å². The molecular formula is C54H59N5. The monoisotopic (exact) mass is 777 g/mol. The third-order valence-corrected chi connectivity index (χ3v) is 12.9. The molecule has 0 atom stereocenters. The van der Waals surface area contributed by atoms with Crippen LogP contribution in [0.2, 0.25) is 0 Å². The van der Waals surface area contributed by atoms with Crippen molar-refractivity contribution in [2.45, 2.75) is 83.0 Å². The summed E-state index contributed by atoms with van der Waals surface area (Å²) >= 11 is 0. The van der Waals surface area contributed by atoms with Crippen LogP contribution in [-0.2, 0) is 0 Å². The van der Waals surface area contributed by atoms with Crippen LogP contribution in [0, 0.1) is 35.5 Å². The summed E-state index contributed by atoms with van der Waals surface area (Å²) in [6.07, 6.45) is 25.0. The van der Waals surface area contributed by atoms with Gasteiger partial charge in [-0.25, -0.2) is 0 Å². The number of hydrogen-bond donors (Lipinski definition) is 0. The number of rotatable bonds is 13. The number of para-hydroxylation sites is 3. The van der Waals surface area contributed by atoms with Gasteiger partial charge in [0, 0.05) is 37.0 Å². The largest absolute Gasteiger partial charge is 0.261 e. The first kappa shape index (κ1) is 40.2. The van der Waals surface area contributed by atoms with Crippen LogP contribution >= 0.6 is 0 Å². The Labute approximate surface area is 352 Å². The van der Waals surface area contributed by atoms with E-state index in [4.69, 9.17) is 25.0 Å². The first-order valence-electron chi connectivity index (χ1n) is 22.3. The van der Waals surface area contributed by atoms with Gasteiger partial charge in [-0.05, 0) is 184 Å². The van der Waals surface area contributed by atoms with Gasteiger partial charge in [-0.3, -0.25) is 25.0 Å². The first-order chi connectivity index (χ1) is 29.2. The molecule has 0 radical (unpaired) electrons. The van der Waals surface area contributed by atoms with Crippen molar-refractivity contribution in [3.05, 3.63) is 151 Å². The molecule has 0 bridgehead atoms. The lowest BCUT2D eigenvalue weighted by Crippen LogP contribution is -2.22. The van der Waals surface area contributed by atoms with Crippen LogP contribution in [0.15, 0.2) is 164 Å². The fourth-order valence-corrected chi connectivity index (χ4v) is 9.29. The van der Waals surface area contributed by atoms with Crippen molar-refractivity contribution < 1.29 is 0 Å². The highest BCUT2D eigenvalue weighted by Crippen LogP contribution is 2.43. The number of hydrogen-bond acceptors (Lipinski definition) is 5. The van der Waals surface area contributed by atoms with Crippen molar-refractivity contribution >= 4 is 59.5 Å². The summed E-state index contributed by atoms with van der Waals surface area (Å²) in [5.41, 5.74) is 7.98. The second-order valence-electron chi connectivity index (χ2n) is 17.1. The maximum absolute atomic E-state index is 4.99. The Balaban J connectivity index is 0.895. The predicted molar refractivity (Wildman–Crippen MR) is 251 cm³/mol. The van der Waals surface area contributed by atoms with E-state index in [0.717, 1.165) is 28.4 Å². The predicted octanol–water partition coefficient (Wildman–Crippen LogP) is 14.8. The molecule has 0 aromatic heterocycles. The highest BCUT2D eigenvalue weighted by molar-refractivity contribution is 5.70. The standard InChI is InChI=1S/C54H59N5/c1-4-10-49(11-5-1)55-36-41-16-20-43(21-17-41)38-58-52-32-28-47(29-33-52)54(46-26-24-45(25-27-46)40-57-51-14-8-3-9-15-51)48-30-34-53(35-31-48)59-39-44-22-18-42(19-23-44)37-56-50-12-6-2-7-13-50/h1-15,28-46,54H,16-27H2/b55-36+,56-37+,57-40+,58-38+,59-39+. The minimum atomic E-state index is 0.332. The lowest BCUT2D eigenvalue weighted by molar-refractivity contribution is 0.299. The number of aliphatic imine (C=N–C) groups is 5. The summed E-state index contributed by atoms with van der Waals surface area (Å²) in [4.78, 5) is 24.2. The molecular weight excluding hydrogens is 719 g/mol. The molecule has 0 amide bonds. The quantitative estimate of drug-likeness (QED) is 0.107. The molecule has 300 valence electrons. The van der Waals surface area contributed by atoms with Gasteiger partial charge in [0.05, 0.1) is 28.4 Å². The van der Waals surface area contributed by atoms with E-state index in [-0.39, 0.29) is 0 Å². The highest BCUT2D eigenvalue weighted by Gasteiger charge is 2.30. The van der Waals surface area contributed by atoms with Crippen LogP contribution in [0.25, 0.3) is 0 Å². The van der Waals surface area contributed by atoms with Gasteiger partial charge in [0.2, 0.25) is 0 Å². The van der Waals surface area contributed by atoms with Crippen LogP contribution in [0.4, 0.5) is 28.4 Å². The van der Waals surface area contributed by atoms with E-state index in [0.29, 0.717) is 41.4 Å². The average molecular weight is 778 g/mol. The van der Waals surface area contributed by atoms with Gasteiger partial charge >= 0.3 is 0 Å². The van der Waals surface area contributed by atoms with Crippen molar-refractivity contribution in [1.29, 1.82) is 0 Å². The molecule has 59 heavy (non-hydrogen) atoms. The van der Waals surface area contributed by atoms with E-state index in [1.807, 2.05) is 42.5 Å². The maximum Gasteiger partial charge on any atom is 0.0626 e. The summed E-state index contributed by atoms with van der Waals surface area (Å²) in [5.74, 6) is 3.59. The minimum Gasteiger partial charge on any atom is -0.261 e. The molecule has 3 saturated carbocycles. The summed E-state index contributed by atoms with van der Waals surface area (Å²) in [6.45, 7) is 0. The van der Waals surface area contributed by atoms with Gasteiger partial charge < -0.3 is 0 Å². The Morgan fingerprint density at radius 1 is 0.288 bits per heavy atom. The zero-order chi connectivity index (χ0) is 39.9. The first-order valence-corrected chi connectivity index (χ1v) is 22.3. The van der Waals surface area contributed by atoms with Gasteiger partial charge in [0.15, 0.2) is 0 Å². The summed E-state index contributed by atoms with van der Waals surface area (Å²) in [7, 11) is 0. The molecule has 5 aromatic carbocycles. The molecule has 0 unspecified atom stereocenters. The van der Waals surface area contributed by atoms with Gasteiger partial charge in [-0.2, -0.15) is 0 Å². The van der Waals surface area contributed by atoms with Crippen LogP contribution in [0.3, 0.4) is 0 Å². The van der Waals surface area contributed by atoms with E-state index >= 15 is 0 Å².